The van der Waals surface area contributed by atoms with Gasteiger partial charge in [-0.1, -0.05) is 0 Å². The number of carbonyl (C=O) groups is 1. The molecule has 1 amide bonds. The monoisotopic (exact) mass is 251 g/mol. The van der Waals surface area contributed by atoms with Crippen LogP contribution in [0.5, 0.6) is 0 Å². The lowest BCUT2D eigenvalue weighted by Crippen LogP contribution is -2.58. The zero-order chi connectivity index (χ0) is 13.0. The molecular formula is C12H14FN3O2. The summed E-state index contributed by atoms with van der Waals surface area (Å²) in [7, 11) is 0. The lowest BCUT2D eigenvalue weighted by Gasteiger charge is -2.39. The van der Waals surface area contributed by atoms with Crippen molar-refractivity contribution in [2.45, 2.75) is 37.0 Å². The number of pyridine rings is 1. The van der Waals surface area contributed by atoms with Crippen LogP contribution < -0.4 is 11.1 Å². The van der Waals surface area contributed by atoms with Crippen LogP contribution in [0, 0.1) is 5.82 Å². The molecular weight excluding hydrogens is 237 g/mol. The number of hydrogen-bond acceptors (Lipinski definition) is 4. The van der Waals surface area contributed by atoms with E-state index in [1.54, 1.807) is 0 Å². The van der Waals surface area contributed by atoms with E-state index >= 15 is 0 Å². The van der Waals surface area contributed by atoms with Crippen molar-refractivity contribution < 1.29 is 13.9 Å². The molecule has 2 bridgehead atoms. The number of fused-ring (bicyclic) bond motifs is 1. The normalized spacial score (nSPS) is 37.2. The van der Waals surface area contributed by atoms with Crippen LogP contribution in [0.2, 0.25) is 0 Å². The van der Waals surface area contributed by atoms with E-state index in [0.717, 1.165) is 6.20 Å². The van der Waals surface area contributed by atoms with Gasteiger partial charge >= 0.3 is 0 Å². The van der Waals surface area contributed by atoms with Crippen molar-refractivity contribution in [1.82, 2.24) is 4.98 Å². The molecule has 1 aromatic rings. The molecule has 18 heavy (non-hydrogen) atoms. The first-order valence-electron chi connectivity index (χ1n) is 5.79. The number of anilines is 1. The van der Waals surface area contributed by atoms with E-state index in [2.05, 4.69) is 10.3 Å². The Morgan fingerprint density at radius 2 is 2.33 bits per heavy atom. The zero-order valence-corrected chi connectivity index (χ0v) is 9.94. The number of ether oxygens (including phenoxy) is 1. The Bertz CT molecular complexity index is 497. The average Bonchev–Trinajstić information content (AvgIpc) is 2.67. The highest BCUT2D eigenvalue weighted by Gasteiger charge is 2.65. The third kappa shape index (κ3) is 1.69. The van der Waals surface area contributed by atoms with Gasteiger partial charge in [0.2, 0.25) is 0 Å². The lowest BCUT2D eigenvalue weighted by atomic mass is 9.67. The third-order valence-electron chi connectivity index (χ3n) is 3.55. The number of hydrogen-bond donors (Lipinski definition) is 2. The fourth-order valence-electron chi connectivity index (χ4n) is 2.97. The standard InChI is InChI=1S/C12H14FN3O2/c1-11-5-12(14,6-11)9(18-11)10(17)16-8-3-2-7(13)4-15-8/h2-4,9H,5-6,14H2,1H3,(H,15,16,17). The van der Waals surface area contributed by atoms with E-state index in [-0.39, 0.29) is 11.5 Å². The molecule has 3 heterocycles. The Kier molecular flexibility index (Phi) is 2.24. The molecule has 5 nitrogen and oxygen atoms in total. The van der Waals surface area contributed by atoms with Gasteiger partial charge in [0.25, 0.3) is 5.91 Å². The largest absolute Gasteiger partial charge is 0.360 e. The highest BCUT2D eigenvalue weighted by molar-refractivity contribution is 5.95. The first-order chi connectivity index (χ1) is 8.40. The van der Waals surface area contributed by atoms with Gasteiger partial charge in [0.15, 0.2) is 6.10 Å². The minimum absolute atomic E-state index is 0.271. The Morgan fingerprint density at radius 1 is 1.61 bits per heavy atom. The Hall–Kier alpha value is -1.53. The molecule has 1 aliphatic carbocycles. The number of carbonyl (C=O) groups excluding carboxylic acids is 1. The van der Waals surface area contributed by atoms with Crippen LogP contribution in [-0.2, 0) is 9.53 Å². The van der Waals surface area contributed by atoms with Crippen LogP contribution in [0.4, 0.5) is 10.2 Å². The molecule has 1 saturated carbocycles. The van der Waals surface area contributed by atoms with Crippen LogP contribution in [0.1, 0.15) is 19.8 Å². The Morgan fingerprint density at radius 3 is 2.83 bits per heavy atom. The highest BCUT2D eigenvalue weighted by Crippen LogP contribution is 2.53. The van der Waals surface area contributed by atoms with Crippen LogP contribution >= 0.6 is 0 Å². The molecule has 1 atom stereocenters. The maximum Gasteiger partial charge on any atom is 0.256 e. The molecule has 0 spiro atoms. The van der Waals surface area contributed by atoms with Crippen LogP contribution in [-0.4, -0.2) is 28.1 Å². The van der Waals surface area contributed by atoms with Crippen molar-refractivity contribution in [2.24, 2.45) is 5.73 Å². The minimum atomic E-state index is -0.658. The second kappa shape index (κ2) is 3.49. The smallest absolute Gasteiger partial charge is 0.256 e. The maximum atomic E-state index is 12.7. The predicted octanol–water partition coefficient (Wildman–Crippen LogP) is 0.808. The van der Waals surface area contributed by atoms with Crippen molar-refractivity contribution in [3.63, 3.8) is 0 Å². The number of halogens is 1. The molecule has 2 saturated heterocycles. The van der Waals surface area contributed by atoms with Crippen LogP contribution in [0.3, 0.4) is 0 Å². The summed E-state index contributed by atoms with van der Waals surface area (Å²) in [5.41, 5.74) is 5.24. The molecule has 3 N–H and O–H groups in total. The highest BCUT2D eigenvalue weighted by atomic mass is 19.1. The molecule has 3 aliphatic rings. The van der Waals surface area contributed by atoms with E-state index in [1.165, 1.54) is 12.1 Å². The molecule has 1 unspecified atom stereocenters. The molecule has 0 radical (unpaired) electrons. The number of rotatable bonds is 2. The number of nitrogens with zero attached hydrogens (tertiary/aromatic N) is 1. The summed E-state index contributed by atoms with van der Waals surface area (Å²) in [5.74, 6) is -0.476. The summed E-state index contributed by atoms with van der Waals surface area (Å²) in [6.07, 6.45) is 1.77. The van der Waals surface area contributed by atoms with Crippen LogP contribution in [0.15, 0.2) is 18.3 Å². The molecule has 6 heteroatoms. The van der Waals surface area contributed by atoms with E-state index in [1.807, 2.05) is 6.92 Å². The second-order valence-corrected chi connectivity index (χ2v) is 5.39. The van der Waals surface area contributed by atoms with Crippen molar-refractivity contribution >= 4 is 11.7 Å². The summed E-state index contributed by atoms with van der Waals surface area (Å²) >= 11 is 0. The Balaban J connectivity index is 1.71. The van der Waals surface area contributed by atoms with Crippen molar-refractivity contribution in [2.75, 3.05) is 5.32 Å². The van der Waals surface area contributed by atoms with Gasteiger partial charge in [0.1, 0.15) is 11.6 Å². The summed E-state index contributed by atoms with van der Waals surface area (Å²) in [4.78, 5) is 15.8. The van der Waals surface area contributed by atoms with E-state index in [4.69, 9.17) is 10.5 Å². The van der Waals surface area contributed by atoms with Gasteiger partial charge in [-0.15, -0.1) is 0 Å². The van der Waals surface area contributed by atoms with Crippen molar-refractivity contribution in [3.8, 4) is 0 Å². The zero-order valence-electron chi connectivity index (χ0n) is 9.94. The van der Waals surface area contributed by atoms with Gasteiger partial charge in [0.05, 0.1) is 17.3 Å². The lowest BCUT2D eigenvalue weighted by molar-refractivity contribution is -0.127. The topological polar surface area (TPSA) is 77.2 Å². The molecule has 0 aromatic carbocycles. The van der Waals surface area contributed by atoms with E-state index in [0.29, 0.717) is 18.7 Å². The Labute approximate surface area is 104 Å². The summed E-state index contributed by atoms with van der Waals surface area (Å²) < 4.78 is 18.3. The van der Waals surface area contributed by atoms with Gasteiger partial charge in [-0.3, -0.25) is 4.79 Å². The van der Waals surface area contributed by atoms with Crippen molar-refractivity contribution in [3.05, 3.63) is 24.1 Å². The fraction of sp³-hybridized carbons (Fsp3) is 0.500. The third-order valence-corrected chi connectivity index (χ3v) is 3.55. The predicted molar refractivity (Wildman–Crippen MR) is 62.3 cm³/mol. The van der Waals surface area contributed by atoms with E-state index in [9.17, 15) is 9.18 Å². The molecule has 2 aliphatic heterocycles. The average molecular weight is 251 g/mol. The van der Waals surface area contributed by atoms with E-state index < -0.39 is 17.5 Å². The molecule has 1 aromatic heterocycles. The number of amides is 1. The quantitative estimate of drug-likeness (QED) is 0.815. The number of nitrogens with two attached hydrogens (primary N) is 1. The van der Waals surface area contributed by atoms with Gasteiger partial charge in [0, 0.05) is 0 Å². The number of nitrogens with one attached hydrogen (secondary N) is 1. The van der Waals surface area contributed by atoms with Gasteiger partial charge < -0.3 is 15.8 Å². The first-order valence-corrected chi connectivity index (χ1v) is 5.79. The van der Waals surface area contributed by atoms with Gasteiger partial charge in [-0.05, 0) is 31.9 Å². The summed E-state index contributed by atoms with van der Waals surface area (Å²) in [6.45, 7) is 1.95. The van der Waals surface area contributed by atoms with Gasteiger partial charge in [-0.25, -0.2) is 9.37 Å². The molecule has 4 rings (SSSR count). The summed E-state index contributed by atoms with van der Waals surface area (Å²) in [6, 6.07) is 2.63. The first kappa shape index (κ1) is 11.6. The number of aromatic nitrogens is 1. The second-order valence-electron chi connectivity index (χ2n) is 5.39. The molecule has 3 fully saturated rings. The fourth-order valence-corrected chi connectivity index (χ4v) is 2.97. The van der Waals surface area contributed by atoms with Crippen LogP contribution in [0.25, 0.3) is 0 Å². The summed E-state index contributed by atoms with van der Waals surface area (Å²) in [5, 5.41) is 2.59. The molecule has 96 valence electrons. The SMILES string of the molecule is CC12CC(N)(C1)C(C(=O)Nc1ccc(F)cn1)O2. The minimum Gasteiger partial charge on any atom is -0.360 e. The van der Waals surface area contributed by atoms with Crippen molar-refractivity contribution in [1.29, 1.82) is 0 Å². The van der Waals surface area contributed by atoms with Gasteiger partial charge in [-0.2, -0.15) is 0 Å². The maximum absolute atomic E-state index is 12.7.